The minimum absolute atomic E-state index is 0.273. The van der Waals surface area contributed by atoms with Crippen molar-refractivity contribution < 1.29 is 4.42 Å². The van der Waals surface area contributed by atoms with Gasteiger partial charge in [-0.15, -0.1) is 0 Å². The lowest BCUT2D eigenvalue weighted by molar-refractivity contribution is 0.524. The van der Waals surface area contributed by atoms with Crippen LogP contribution < -0.4 is 5.73 Å². The molecule has 90 valence electrons. The average molecular weight is 238 g/mol. The van der Waals surface area contributed by atoms with Crippen LogP contribution in [0.15, 0.2) is 53.2 Å². The quantitative estimate of drug-likeness (QED) is 0.746. The van der Waals surface area contributed by atoms with Gasteiger partial charge in [0.15, 0.2) is 0 Å². The Labute approximate surface area is 105 Å². The largest absolute Gasteiger partial charge is 0.459 e. The number of para-hydroxylation sites is 1. The normalized spacial score (nSPS) is 12.8. The molecule has 2 aromatic heterocycles. The molecule has 3 heteroatoms. The van der Waals surface area contributed by atoms with Crippen LogP contribution in [-0.4, -0.2) is 4.98 Å². The SMILES string of the molecule is Cc1cncc(C(N)c2cc3ccccc3o2)c1. The van der Waals surface area contributed by atoms with E-state index in [4.69, 9.17) is 10.2 Å². The van der Waals surface area contributed by atoms with Gasteiger partial charge in [-0.3, -0.25) is 4.98 Å². The predicted octanol–water partition coefficient (Wildman–Crippen LogP) is 3.18. The van der Waals surface area contributed by atoms with Gasteiger partial charge in [0.25, 0.3) is 0 Å². The van der Waals surface area contributed by atoms with Crippen LogP contribution in [0.4, 0.5) is 0 Å². The summed E-state index contributed by atoms with van der Waals surface area (Å²) in [5.74, 6) is 0.767. The van der Waals surface area contributed by atoms with Gasteiger partial charge in [0.2, 0.25) is 0 Å². The summed E-state index contributed by atoms with van der Waals surface area (Å²) in [6.45, 7) is 2.00. The third-order valence-electron chi connectivity index (χ3n) is 3.01. The highest BCUT2D eigenvalue weighted by Gasteiger charge is 2.14. The number of aryl methyl sites for hydroxylation is 1. The number of hydrogen-bond donors (Lipinski definition) is 1. The Kier molecular flexibility index (Phi) is 2.61. The lowest BCUT2D eigenvalue weighted by Gasteiger charge is -2.08. The van der Waals surface area contributed by atoms with E-state index in [2.05, 4.69) is 4.98 Å². The zero-order valence-corrected chi connectivity index (χ0v) is 10.1. The van der Waals surface area contributed by atoms with Crippen molar-refractivity contribution in [2.45, 2.75) is 13.0 Å². The van der Waals surface area contributed by atoms with E-state index in [1.807, 2.05) is 49.5 Å². The molecule has 3 aromatic rings. The molecule has 1 atom stereocenters. The molecule has 0 aliphatic heterocycles. The van der Waals surface area contributed by atoms with Crippen LogP contribution in [0.5, 0.6) is 0 Å². The second-order valence-electron chi connectivity index (χ2n) is 4.46. The van der Waals surface area contributed by atoms with E-state index in [0.717, 1.165) is 27.9 Å². The van der Waals surface area contributed by atoms with Gasteiger partial charge in [0, 0.05) is 17.8 Å². The highest BCUT2D eigenvalue weighted by molar-refractivity contribution is 5.77. The number of furan rings is 1. The van der Waals surface area contributed by atoms with Crippen LogP contribution in [0.25, 0.3) is 11.0 Å². The van der Waals surface area contributed by atoms with Crippen LogP contribution in [0.3, 0.4) is 0 Å². The van der Waals surface area contributed by atoms with E-state index >= 15 is 0 Å². The fourth-order valence-electron chi connectivity index (χ4n) is 2.07. The molecule has 0 aliphatic rings. The molecule has 1 unspecified atom stereocenters. The van der Waals surface area contributed by atoms with Gasteiger partial charge in [-0.05, 0) is 30.2 Å². The fourth-order valence-corrected chi connectivity index (χ4v) is 2.07. The standard InChI is InChI=1S/C15H14N2O/c1-10-6-12(9-17-8-10)15(16)14-7-11-4-2-3-5-13(11)18-14/h2-9,15H,16H2,1H3. The Bertz CT molecular complexity index is 655. The van der Waals surface area contributed by atoms with Gasteiger partial charge >= 0.3 is 0 Å². The van der Waals surface area contributed by atoms with E-state index in [0.29, 0.717) is 0 Å². The van der Waals surface area contributed by atoms with Gasteiger partial charge < -0.3 is 10.2 Å². The molecule has 3 nitrogen and oxygen atoms in total. The summed E-state index contributed by atoms with van der Waals surface area (Å²) in [6.07, 6.45) is 3.60. The van der Waals surface area contributed by atoms with E-state index < -0.39 is 0 Å². The number of pyridine rings is 1. The van der Waals surface area contributed by atoms with Crippen molar-refractivity contribution in [3.8, 4) is 0 Å². The molecule has 3 rings (SSSR count). The van der Waals surface area contributed by atoms with Crippen molar-refractivity contribution in [1.82, 2.24) is 4.98 Å². The maximum Gasteiger partial charge on any atom is 0.134 e. The molecule has 0 saturated heterocycles. The lowest BCUT2D eigenvalue weighted by Crippen LogP contribution is -2.11. The molecule has 0 spiro atoms. The van der Waals surface area contributed by atoms with Crippen molar-refractivity contribution in [2.75, 3.05) is 0 Å². The van der Waals surface area contributed by atoms with Gasteiger partial charge in [0.1, 0.15) is 11.3 Å². The summed E-state index contributed by atoms with van der Waals surface area (Å²) < 4.78 is 5.77. The first-order chi connectivity index (χ1) is 8.74. The first-order valence-corrected chi connectivity index (χ1v) is 5.89. The molecular weight excluding hydrogens is 224 g/mol. The fraction of sp³-hybridized carbons (Fsp3) is 0.133. The summed E-state index contributed by atoms with van der Waals surface area (Å²) in [7, 11) is 0. The maximum absolute atomic E-state index is 6.22. The van der Waals surface area contributed by atoms with E-state index in [-0.39, 0.29) is 6.04 Å². The number of hydrogen-bond acceptors (Lipinski definition) is 3. The topological polar surface area (TPSA) is 52.0 Å². The monoisotopic (exact) mass is 238 g/mol. The Morgan fingerprint density at radius 2 is 2.00 bits per heavy atom. The summed E-state index contributed by atoms with van der Waals surface area (Å²) in [4.78, 5) is 4.16. The number of nitrogens with two attached hydrogens (primary N) is 1. The zero-order chi connectivity index (χ0) is 12.5. The van der Waals surface area contributed by atoms with Crippen LogP contribution >= 0.6 is 0 Å². The zero-order valence-electron chi connectivity index (χ0n) is 10.1. The number of rotatable bonds is 2. The number of fused-ring (bicyclic) bond motifs is 1. The molecule has 0 radical (unpaired) electrons. The van der Waals surface area contributed by atoms with Crippen LogP contribution in [0.2, 0.25) is 0 Å². The summed E-state index contributed by atoms with van der Waals surface area (Å²) in [5, 5.41) is 1.07. The number of aromatic nitrogens is 1. The van der Waals surface area contributed by atoms with Crippen molar-refractivity contribution in [3.63, 3.8) is 0 Å². The Morgan fingerprint density at radius 1 is 1.17 bits per heavy atom. The van der Waals surface area contributed by atoms with Crippen molar-refractivity contribution >= 4 is 11.0 Å². The first-order valence-electron chi connectivity index (χ1n) is 5.89. The highest BCUT2D eigenvalue weighted by atomic mass is 16.3. The highest BCUT2D eigenvalue weighted by Crippen LogP contribution is 2.26. The number of benzene rings is 1. The molecule has 18 heavy (non-hydrogen) atoms. The van der Waals surface area contributed by atoms with Gasteiger partial charge in [-0.1, -0.05) is 24.3 Å². The Hall–Kier alpha value is -2.13. The molecule has 0 bridgehead atoms. The smallest absolute Gasteiger partial charge is 0.134 e. The second-order valence-corrected chi connectivity index (χ2v) is 4.46. The number of nitrogens with zero attached hydrogens (tertiary/aromatic N) is 1. The van der Waals surface area contributed by atoms with Gasteiger partial charge in [-0.25, -0.2) is 0 Å². The lowest BCUT2D eigenvalue weighted by atomic mass is 10.1. The van der Waals surface area contributed by atoms with Crippen LogP contribution in [0.1, 0.15) is 22.9 Å². The predicted molar refractivity (Wildman–Crippen MR) is 71.2 cm³/mol. The van der Waals surface area contributed by atoms with Crippen molar-refractivity contribution in [1.29, 1.82) is 0 Å². The van der Waals surface area contributed by atoms with Crippen LogP contribution in [0, 0.1) is 6.92 Å². The molecular formula is C15H14N2O. The first kappa shape index (κ1) is 11.0. The van der Waals surface area contributed by atoms with E-state index in [1.54, 1.807) is 6.20 Å². The third-order valence-corrected chi connectivity index (χ3v) is 3.01. The van der Waals surface area contributed by atoms with Crippen LogP contribution in [-0.2, 0) is 0 Å². The molecule has 0 saturated carbocycles. The van der Waals surface area contributed by atoms with Gasteiger partial charge in [-0.2, -0.15) is 0 Å². The minimum Gasteiger partial charge on any atom is -0.459 e. The summed E-state index contributed by atoms with van der Waals surface area (Å²) in [5.41, 5.74) is 9.14. The molecule has 2 N–H and O–H groups in total. The van der Waals surface area contributed by atoms with Crippen molar-refractivity contribution in [2.24, 2.45) is 5.73 Å². The summed E-state index contributed by atoms with van der Waals surface area (Å²) >= 11 is 0. The average Bonchev–Trinajstić information content (AvgIpc) is 2.81. The molecule has 0 fully saturated rings. The molecule has 0 amide bonds. The Morgan fingerprint density at radius 3 is 2.78 bits per heavy atom. The third kappa shape index (κ3) is 1.89. The van der Waals surface area contributed by atoms with E-state index in [1.165, 1.54) is 0 Å². The second kappa shape index (κ2) is 4.27. The van der Waals surface area contributed by atoms with E-state index in [9.17, 15) is 0 Å². The Balaban J connectivity index is 2.03. The van der Waals surface area contributed by atoms with Crippen molar-refractivity contribution in [3.05, 3.63) is 65.7 Å². The molecule has 1 aromatic carbocycles. The molecule has 2 heterocycles. The maximum atomic E-state index is 6.22. The summed E-state index contributed by atoms with van der Waals surface area (Å²) in [6, 6.07) is 11.7. The minimum atomic E-state index is -0.273. The van der Waals surface area contributed by atoms with Gasteiger partial charge in [0.05, 0.1) is 6.04 Å². The molecule has 0 aliphatic carbocycles.